The molecular formula is H3Na3O13S3. The maximum Gasteiger partial charge on any atom is 1.00 e. The standard InChI is InChI=1S/3Na.H2O8S2.H2O3S.H2O2/c;;;1-9(2,3)7-8-10(4,5)6;1-4(2)3;1-2/h;;;(H,1,2,3)(H,4,5,6);(H2,1,2,3);1-2H/q3*+1;;;/p-3. The van der Waals surface area contributed by atoms with Gasteiger partial charge in [-0.05, 0) is 0 Å². The zero-order chi connectivity index (χ0) is 14.0. The molecular weight excluding hydrogens is 373 g/mol. The van der Waals surface area contributed by atoms with E-state index in [0.717, 1.165) is 0 Å². The summed E-state index contributed by atoms with van der Waals surface area (Å²) in [4.78, 5) is 0. The molecule has 0 saturated carbocycles. The minimum atomic E-state index is -5.31. The van der Waals surface area contributed by atoms with E-state index in [1.807, 2.05) is 0 Å². The summed E-state index contributed by atoms with van der Waals surface area (Å²) in [6.07, 6.45) is 0. The molecule has 19 heavy (non-hydrogen) atoms. The van der Waals surface area contributed by atoms with Gasteiger partial charge in [0.15, 0.2) is 0 Å². The summed E-state index contributed by atoms with van der Waals surface area (Å²) in [6, 6.07) is 0. The summed E-state index contributed by atoms with van der Waals surface area (Å²) in [6.45, 7) is 0. The first-order chi connectivity index (χ1) is 6.94. The van der Waals surface area contributed by atoms with Gasteiger partial charge in [-0.2, -0.15) is 0 Å². The maximum atomic E-state index is 9.37. The minimum absolute atomic E-state index is 0. The van der Waals surface area contributed by atoms with Gasteiger partial charge in [-0.1, -0.05) is 0 Å². The summed E-state index contributed by atoms with van der Waals surface area (Å²) in [5, 5.41) is 12.0. The third-order valence-corrected chi connectivity index (χ3v) is 0.750. The fraction of sp³-hybridized carbons (Fsp3) is 0. The van der Waals surface area contributed by atoms with Crippen LogP contribution in [0.25, 0.3) is 0 Å². The second-order valence-electron chi connectivity index (χ2n) is 1.17. The van der Waals surface area contributed by atoms with E-state index in [-0.39, 0.29) is 88.7 Å². The van der Waals surface area contributed by atoms with Crippen LogP contribution in [0.5, 0.6) is 0 Å². The van der Waals surface area contributed by atoms with Crippen LogP contribution in [0.4, 0.5) is 0 Å². The van der Waals surface area contributed by atoms with Crippen LogP contribution >= 0.6 is 0 Å². The van der Waals surface area contributed by atoms with Crippen LogP contribution in [-0.4, -0.2) is 49.8 Å². The van der Waals surface area contributed by atoms with E-state index in [2.05, 4.69) is 8.67 Å². The molecule has 0 radical (unpaired) electrons. The van der Waals surface area contributed by atoms with Crippen LogP contribution in [0.1, 0.15) is 0 Å². The van der Waals surface area contributed by atoms with Gasteiger partial charge >= 0.3 is 88.7 Å². The van der Waals surface area contributed by atoms with Gasteiger partial charge in [0.2, 0.25) is 20.8 Å². The van der Waals surface area contributed by atoms with E-state index in [0.29, 0.717) is 0 Å². The molecule has 0 amide bonds. The normalized spacial score (nSPS) is 10.6. The van der Waals surface area contributed by atoms with E-state index in [4.69, 9.17) is 23.8 Å². The number of hydrogen-bond acceptors (Lipinski definition) is 12. The molecule has 3 N–H and O–H groups in total. The maximum absolute atomic E-state index is 9.37. The van der Waals surface area contributed by atoms with Crippen LogP contribution < -0.4 is 88.7 Å². The topological polar surface area (TPSA) is 234 Å². The van der Waals surface area contributed by atoms with Crippen molar-refractivity contribution in [3.8, 4) is 0 Å². The Labute approximate surface area is 176 Å². The average molecular weight is 376 g/mol. The molecule has 13 nitrogen and oxygen atoms in total. The molecule has 0 rings (SSSR count). The molecule has 0 saturated heterocycles. The van der Waals surface area contributed by atoms with E-state index in [1.165, 1.54) is 0 Å². The third kappa shape index (κ3) is 76.8. The van der Waals surface area contributed by atoms with Crippen LogP contribution in [0.3, 0.4) is 0 Å². The van der Waals surface area contributed by atoms with Gasteiger partial charge in [-0.15, -0.1) is 8.67 Å². The van der Waals surface area contributed by atoms with Gasteiger partial charge in [0, 0.05) is 0 Å². The summed E-state index contributed by atoms with van der Waals surface area (Å²) < 4.78 is 85.5. The Hall–Kier alpha value is 2.73. The zero-order valence-corrected chi connectivity index (χ0v) is 18.1. The zero-order valence-electron chi connectivity index (χ0n) is 9.65. The predicted molar refractivity (Wildman–Crippen MR) is 38.4 cm³/mol. The molecule has 19 heteroatoms. The second kappa shape index (κ2) is 20.7. The van der Waals surface area contributed by atoms with Gasteiger partial charge in [-0.25, -0.2) is 21.0 Å². The fourth-order valence-electron chi connectivity index (χ4n) is 0.0680. The molecule has 0 spiro atoms. The quantitative estimate of drug-likeness (QED) is 0.104. The summed E-state index contributed by atoms with van der Waals surface area (Å²) >= 11 is -2.86. The molecule has 0 aromatic rings. The van der Waals surface area contributed by atoms with Crippen molar-refractivity contribution in [1.29, 1.82) is 0 Å². The van der Waals surface area contributed by atoms with Gasteiger partial charge in [0.1, 0.15) is 0 Å². The first kappa shape index (κ1) is 37.7. The van der Waals surface area contributed by atoms with Gasteiger partial charge < -0.3 is 18.2 Å². The van der Waals surface area contributed by atoms with Crippen molar-refractivity contribution in [3.63, 3.8) is 0 Å². The van der Waals surface area contributed by atoms with Crippen LogP contribution in [0.2, 0.25) is 0 Å². The average Bonchev–Trinajstić information content (AvgIpc) is 2.01. The molecule has 1 unspecified atom stereocenters. The van der Waals surface area contributed by atoms with Crippen molar-refractivity contribution in [1.82, 2.24) is 0 Å². The Morgan fingerprint density at radius 3 is 1.00 bits per heavy atom. The molecule has 0 aliphatic heterocycles. The first-order valence-electron chi connectivity index (χ1n) is 2.22. The second-order valence-corrected chi connectivity index (χ2v) is 3.51. The van der Waals surface area contributed by atoms with Crippen molar-refractivity contribution >= 4 is 32.2 Å². The van der Waals surface area contributed by atoms with E-state index < -0.39 is 32.2 Å². The molecule has 0 aliphatic carbocycles. The molecule has 0 aromatic heterocycles. The summed E-state index contributed by atoms with van der Waals surface area (Å²) in [5.74, 6) is 0. The van der Waals surface area contributed by atoms with Gasteiger partial charge in [0.25, 0.3) is 0 Å². The van der Waals surface area contributed by atoms with Crippen LogP contribution in [0, 0.1) is 0 Å². The van der Waals surface area contributed by atoms with Crippen LogP contribution in [0.15, 0.2) is 0 Å². The monoisotopic (exact) mass is 376 g/mol. The number of hydrogen-bond donors (Lipinski definition) is 3. The van der Waals surface area contributed by atoms with Crippen molar-refractivity contribution in [3.05, 3.63) is 0 Å². The largest absolute Gasteiger partial charge is 1.00 e. The Balaban J connectivity index is -0.0000000409. The van der Waals surface area contributed by atoms with Crippen molar-refractivity contribution in [2.45, 2.75) is 0 Å². The van der Waals surface area contributed by atoms with Gasteiger partial charge in [0.05, 0.1) is 11.4 Å². The third-order valence-electron chi connectivity index (χ3n) is 0.194. The smallest absolute Gasteiger partial charge is 0.750 e. The Morgan fingerprint density at radius 1 is 0.842 bits per heavy atom. The van der Waals surface area contributed by atoms with Crippen molar-refractivity contribution in [2.75, 3.05) is 0 Å². The Bertz CT molecular complexity index is 330. The van der Waals surface area contributed by atoms with Crippen molar-refractivity contribution < 1.29 is 147 Å². The molecule has 1 atom stereocenters. The van der Waals surface area contributed by atoms with Gasteiger partial charge in [-0.3, -0.25) is 10.5 Å². The molecule has 0 aliphatic rings. The van der Waals surface area contributed by atoms with E-state index in [9.17, 15) is 25.9 Å². The number of rotatable bonds is 3. The SMILES string of the molecule is O=S(=O)([O-])OOS(=O)(=O)[O-].O=S([O-])O.OO.[Na+].[Na+].[Na+]. The molecule has 0 aromatic carbocycles. The molecule has 0 heterocycles. The van der Waals surface area contributed by atoms with Crippen molar-refractivity contribution in [2.24, 2.45) is 0 Å². The summed E-state index contributed by atoms with van der Waals surface area (Å²) in [5.41, 5.74) is 0. The molecule has 0 fully saturated rings. The first-order valence-corrected chi connectivity index (χ1v) is 5.91. The fourth-order valence-corrected chi connectivity index (χ4v) is 0.612. The van der Waals surface area contributed by atoms with Crippen LogP contribution in [-0.2, 0) is 40.8 Å². The Kier molecular flexibility index (Phi) is 41.2. The minimum Gasteiger partial charge on any atom is -0.750 e. The summed E-state index contributed by atoms with van der Waals surface area (Å²) in [7, 11) is -10.6. The van der Waals surface area contributed by atoms with E-state index in [1.54, 1.807) is 0 Å². The van der Waals surface area contributed by atoms with E-state index >= 15 is 0 Å². The molecule has 102 valence electrons. The molecule has 0 bridgehead atoms. The Morgan fingerprint density at radius 2 is 0.947 bits per heavy atom. The predicted octanol–water partition coefficient (Wildman–Crippen LogP) is -11.8.